The summed E-state index contributed by atoms with van der Waals surface area (Å²) in [6, 6.07) is 4.63. The second-order valence-corrected chi connectivity index (χ2v) is 7.00. The molecule has 0 spiro atoms. The molecule has 0 bridgehead atoms. The van der Waals surface area contributed by atoms with Crippen molar-refractivity contribution < 1.29 is 34.2 Å². The fourth-order valence-corrected chi connectivity index (χ4v) is 2.80. The lowest BCUT2D eigenvalue weighted by atomic mass is 10.1. The van der Waals surface area contributed by atoms with Crippen molar-refractivity contribution in [2.45, 2.75) is 32.6 Å². The van der Waals surface area contributed by atoms with Crippen LogP contribution in [-0.4, -0.2) is 70.7 Å². The van der Waals surface area contributed by atoms with Crippen molar-refractivity contribution in [2.75, 3.05) is 30.4 Å². The summed E-state index contributed by atoms with van der Waals surface area (Å²) >= 11 is 0. The van der Waals surface area contributed by atoms with E-state index in [2.05, 4.69) is 5.32 Å². The number of rotatable bonds is 8. The monoisotopic (exact) mass is 449 g/mol. The Morgan fingerprint density at radius 2 is 1.78 bits per heavy atom. The molecule has 0 aromatic heterocycles. The highest BCUT2D eigenvalue weighted by Crippen LogP contribution is 2.28. The molecule has 12 heteroatoms. The van der Waals surface area contributed by atoms with Gasteiger partial charge in [-0.3, -0.25) is 29.4 Å². The molecule has 6 N–H and O–H groups in total. The van der Waals surface area contributed by atoms with Crippen LogP contribution >= 0.6 is 0 Å². The fourth-order valence-electron chi connectivity index (χ4n) is 2.80. The molecule has 12 nitrogen and oxygen atoms in total. The molecule has 2 rings (SSSR count). The third-order valence-corrected chi connectivity index (χ3v) is 4.31. The standard InChI is InChI=1S/C18H23N5O5.C2H4O2/c1-22-13-6-5-11(21-15(24)4-2-3-14(19)20)9-12(13)18(28)23(10-16(22)25)8-7-17(26)27;1-2(3)4/h5-6,9H,2-4,7-8,10H2,1H3,(H3,19,20)(H,21,24)(H,26,27);1H3,(H,3,4). The third-order valence-electron chi connectivity index (χ3n) is 4.31. The number of amidine groups is 1. The van der Waals surface area contributed by atoms with E-state index in [-0.39, 0.29) is 49.1 Å². The van der Waals surface area contributed by atoms with Gasteiger partial charge in [0.2, 0.25) is 11.8 Å². The molecule has 1 heterocycles. The van der Waals surface area contributed by atoms with E-state index in [9.17, 15) is 19.2 Å². The maximum Gasteiger partial charge on any atom is 0.305 e. The Morgan fingerprint density at radius 1 is 1.16 bits per heavy atom. The van der Waals surface area contributed by atoms with Crippen molar-refractivity contribution in [1.29, 1.82) is 5.41 Å². The SMILES string of the molecule is CC(=O)O.CN1C(=O)CN(CCC(=O)O)C(=O)c2cc(NC(=O)CCCC(=N)N)ccc21. The number of likely N-dealkylation sites (N-methyl/N-ethyl adjacent to an activating group) is 1. The van der Waals surface area contributed by atoms with Crippen molar-refractivity contribution in [2.24, 2.45) is 5.73 Å². The highest BCUT2D eigenvalue weighted by atomic mass is 16.4. The average molecular weight is 449 g/mol. The predicted octanol–water partition coefficient (Wildman–Crippen LogP) is 0.716. The Kier molecular flexibility index (Phi) is 9.80. The van der Waals surface area contributed by atoms with Gasteiger partial charge in [-0.25, -0.2) is 0 Å². The van der Waals surface area contributed by atoms with Crippen LogP contribution in [0, 0.1) is 5.41 Å². The zero-order valence-electron chi connectivity index (χ0n) is 17.9. The number of nitrogens with two attached hydrogens (primary N) is 1. The molecule has 1 aromatic rings. The lowest BCUT2D eigenvalue weighted by Gasteiger charge is -2.19. The van der Waals surface area contributed by atoms with Crippen molar-refractivity contribution in [3.8, 4) is 0 Å². The summed E-state index contributed by atoms with van der Waals surface area (Å²) in [5.74, 6) is -2.98. The predicted molar refractivity (Wildman–Crippen MR) is 116 cm³/mol. The Bertz CT molecular complexity index is 912. The van der Waals surface area contributed by atoms with Gasteiger partial charge in [0.25, 0.3) is 11.9 Å². The van der Waals surface area contributed by atoms with Crippen LogP contribution < -0.4 is 16.0 Å². The maximum absolute atomic E-state index is 12.8. The summed E-state index contributed by atoms with van der Waals surface area (Å²) < 4.78 is 0. The minimum atomic E-state index is -1.07. The van der Waals surface area contributed by atoms with Gasteiger partial charge in [-0.1, -0.05) is 0 Å². The number of aliphatic carboxylic acids is 2. The van der Waals surface area contributed by atoms with Crippen LogP contribution in [0.5, 0.6) is 0 Å². The molecular weight excluding hydrogens is 422 g/mol. The molecular formula is C20H27N5O7. The van der Waals surface area contributed by atoms with Crippen molar-refractivity contribution in [3.05, 3.63) is 23.8 Å². The van der Waals surface area contributed by atoms with E-state index in [0.29, 0.717) is 24.2 Å². The third kappa shape index (κ3) is 8.42. The van der Waals surface area contributed by atoms with E-state index in [0.717, 1.165) is 6.92 Å². The molecule has 1 aliphatic heterocycles. The van der Waals surface area contributed by atoms with Gasteiger partial charge in [-0.2, -0.15) is 0 Å². The lowest BCUT2D eigenvalue weighted by molar-refractivity contribution is -0.137. The summed E-state index contributed by atoms with van der Waals surface area (Å²) in [4.78, 5) is 59.5. The number of hydrogen-bond acceptors (Lipinski definition) is 6. The van der Waals surface area contributed by atoms with Gasteiger partial charge >= 0.3 is 5.97 Å². The maximum atomic E-state index is 12.8. The van der Waals surface area contributed by atoms with Crippen LogP contribution in [0.2, 0.25) is 0 Å². The van der Waals surface area contributed by atoms with E-state index in [1.165, 1.54) is 22.9 Å². The van der Waals surface area contributed by atoms with Crippen LogP contribution in [0.1, 0.15) is 43.0 Å². The molecule has 3 amide bonds. The molecule has 1 aliphatic rings. The second kappa shape index (κ2) is 12.0. The van der Waals surface area contributed by atoms with Gasteiger partial charge in [-0.05, 0) is 24.6 Å². The van der Waals surface area contributed by atoms with Crippen molar-refractivity contribution >= 4 is 46.9 Å². The first-order valence-electron chi connectivity index (χ1n) is 9.66. The minimum absolute atomic E-state index is 0.0117. The normalized spacial score (nSPS) is 12.8. The van der Waals surface area contributed by atoms with Gasteiger partial charge in [0.15, 0.2) is 0 Å². The van der Waals surface area contributed by atoms with Gasteiger partial charge < -0.3 is 31.1 Å². The first-order chi connectivity index (χ1) is 14.9. The molecule has 0 radical (unpaired) electrons. The van der Waals surface area contributed by atoms with Gasteiger partial charge in [0, 0.05) is 39.0 Å². The number of carboxylic acids is 2. The van der Waals surface area contributed by atoms with E-state index in [1.54, 1.807) is 12.1 Å². The molecule has 0 atom stereocenters. The van der Waals surface area contributed by atoms with Crippen LogP contribution in [0.15, 0.2) is 18.2 Å². The number of anilines is 2. The second-order valence-electron chi connectivity index (χ2n) is 7.00. The minimum Gasteiger partial charge on any atom is -0.481 e. The van der Waals surface area contributed by atoms with E-state index in [1.807, 2.05) is 0 Å². The average Bonchev–Trinajstić information content (AvgIpc) is 2.76. The zero-order chi connectivity index (χ0) is 24.4. The summed E-state index contributed by atoms with van der Waals surface area (Å²) in [6.07, 6.45) is 0.658. The van der Waals surface area contributed by atoms with E-state index in [4.69, 9.17) is 26.2 Å². The van der Waals surface area contributed by atoms with Crippen LogP contribution in [0.25, 0.3) is 0 Å². The zero-order valence-corrected chi connectivity index (χ0v) is 17.9. The quantitative estimate of drug-likeness (QED) is 0.283. The topological polar surface area (TPSA) is 194 Å². The molecule has 0 saturated carbocycles. The number of carboxylic acid groups (broad SMARTS) is 2. The first kappa shape index (κ1) is 26.1. The summed E-state index contributed by atoms with van der Waals surface area (Å²) in [7, 11) is 1.54. The number of amides is 3. The molecule has 32 heavy (non-hydrogen) atoms. The fraction of sp³-hybridized carbons (Fsp3) is 0.400. The lowest BCUT2D eigenvalue weighted by Crippen LogP contribution is -2.38. The van der Waals surface area contributed by atoms with Crippen molar-refractivity contribution in [1.82, 2.24) is 4.90 Å². The first-order valence-corrected chi connectivity index (χ1v) is 9.66. The Hall–Kier alpha value is -3.96. The highest BCUT2D eigenvalue weighted by Gasteiger charge is 2.30. The largest absolute Gasteiger partial charge is 0.481 e. The Labute approximate surface area is 184 Å². The van der Waals surface area contributed by atoms with E-state index >= 15 is 0 Å². The highest BCUT2D eigenvalue weighted by molar-refractivity contribution is 6.10. The number of benzene rings is 1. The molecule has 1 aromatic carbocycles. The molecule has 0 aliphatic carbocycles. The molecule has 0 fully saturated rings. The molecule has 174 valence electrons. The van der Waals surface area contributed by atoms with Gasteiger partial charge in [-0.15, -0.1) is 0 Å². The summed E-state index contributed by atoms with van der Waals surface area (Å²) in [5.41, 5.74) is 6.25. The smallest absolute Gasteiger partial charge is 0.305 e. The number of carbonyl (C=O) groups is 5. The number of nitrogens with zero attached hydrogens (tertiary/aromatic N) is 2. The van der Waals surface area contributed by atoms with Gasteiger partial charge in [0.05, 0.1) is 23.5 Å². The van der Waals surface area contributed by atoms with Gasteiger partial charge in [0.1, 0.15) is 6.54 Å². The molecule has 0 saturated heterocycles. The summed E-state index contributed by atoms with van der Waals surface area (Å²) in [6.45, 7) is 0.777. The molecule has 0 unspecified atom stereocenters. The van der Waals surface area contributed by atoms with Crippen LogP contribution in [0.4, 0.5) is 11.4 Å². The Morgan fingerprint density at radius 3 is 2.34 bits per heavy atom. The van der Waals surface area contributed by atoms with Crippen molar-refractivity contribution in [3.63, 3.8) is 0 Å². The number of fused-ring (bicyclic) bond motifs is 1. The van der Waals surface area contributed by atoms with Crippen LogP contribution in [0.3, 0.4) is 0 Å². The van der Waals surface area contributed by atoms with Crippen LogP contribution in [-0.2, 0) is 19.2 Å². The summed E-state index contributed by atoms with van der Waals surface area (Å²) in [5, 5.41) is 26.1. The van der Waals surface area contributed by atoms with E-state index < -0.39 is 17.8 Å². The Balaban J connectivity index is 0.00000118. The number of hydrogen-bond donors (Lipinski definition) is 5. The number of nitrogens with one attached hydrogen (secondary N) is 2. The number of carbonyl (C=O) groups excluding carboxylic acids is 3.